The van der Waals surface area contributed by atoms with Crippen LogP contribution in [0.2, 0.25) is 0 Å². The van der Waals surface area contributed by atoms with Gasteiger partial charge in [0.05, 0.1) is 0 Å². The van der Waals surface area contributed by atoms with Crippen LogP contribution in [0.15, 0.2) is 24.3 Å². The number of hydrogen-bond donors (Lipinski definition) is 0. The van der Waals surface area contributed by atoms with E-state index in [1.54, 1.807) is 0 Å². The fourth-order valence-electron chi connectivity index (χ4n) is 1.83. The maximum Gasteiger partial charge on any atom is 0.0100 e. The largest absolute Gasteiger partial charge is 0.0921 e. The molecule has 0 amide bonds. The summed E-state index contributed by atoms with van der Waals surface area (Å²) >= 11 is 3.57. The number of rotatable bonds is 5. The Balaban J connectivity index is 2.71. The van der Waals surface area contributed by atoms with E-state index in [1.165, 1.54) is 24.0 Å². The summed E-state index contributed by atoms with van der Waals surface area (Å²) in [6.07, 6.45) is 2.39. The summed E-state index contributed by atoms with van der Waals surface area (Å²) in [6.45, 7) is 6.77. The Morgan fingerprint density at radius 2 is 1.73 bits per heavy atom. The second-order valence-electron chi connectivity index (χ2n) is 4.60. The van der Waals surface area contributed by atoms with E-state index in [9.17, 15) is 0 Å². The van der Waals surface area contributed by atoms with Crippen molar-refractivity contribution in [3.63, 3.8) is 0 Å². The van der Waals surface area contributed by atoms with Crippen molar-refractivity contribution in [1.29, 1.82) is 0 Å². The molecule has 1 rings (SSSR count). The molecule has 1 atom stereocenters. The van der Waals surface area contributed by atoms with Crippen molar-refractivity contribution >= 4 is 15.9 Å². The predicted octanol–water partition coefficient (Wildman–Crippen LogP) is 4.77. The van der Waals surface area contributed by atoms with Gasteiger partial charge in [0, 0.05) is 5.33 Å². The molecule has 0 heterocycles. The lowest BCUT2D eigenvalue weighted by atomic mass is 9.95. The first-order valence-electron chi connectivity index (χ1n) is 5.82. The smallest absolute Gasteiger partial charge is 0.0100 e. The summed E-state index contributed by atoms with van der Waals surface area (Å²) in [4.78, 5) is 0. The van der Waals surface area contributed by atoms with Crippen LogP contribution in [0.4, 0.5) is 0 Å². The standard InChI is InChI=1S/C14H21Br/c1-4-13(10-15)14-7-5-12(6-8-14)9-11(2)3/h5-8,11,13H,4,9-10H2,1-3H3. The lowest BCUT2D eigenvalue weighted by Crippen LogP contribution is -1.99. The molecule has 0 aliphatic heterocycles. The van der Waals surface area contributed by atoms with Crippen LogP contribution in [-0.2, 0) is 6.42 Å². The number of hydrogen-bond acceptors (Lipinski definition) is 0. The molecule has 0 bridgehead atoms. The van der Waals surface area contributed by atoms with Crippen molar-refractivity contribution in [3.8, 4) is 0 Å². The van der Waals surface area contributed by atoms with E-state index < -0.39 is 0 Å². The van der Waals surface area contributed by atoms with Crippen molar-refractivity contribution in [2.75, 3.05) is 5.33 Å². The van der Waals surface area contributed by atoms with Crippen molar-refractivity contribution in [3.05, 3.63) is 35.4 Å². The van der Waals surface area contributed by atoms with Gasteiger partial charge in [-0.05, 0) is 35.8 Å². The highest BCUT2D eigenvalue weighted by molar-refractivity contribution is 9.09. The summed E-state index contributed by atoms with van der Waals surface area (Å²) in [5.74, 6) is 1.41. The van der Waals surface area contributed by atoms with E-state index in [0.717, 1.165) is 11.2 Å². The second kappa shape index (κ2) is 6.32. The minimum Gasteiger partial charge on any atom is -0.0921 e. The fourth-order valence-corrected chi connectivity index (χ4v) is 2.66. The molecular weight excluding hydrogens is 248 g/mol. The minimum absolute atomic E-state index is 0.665. The molecule has 0 fully saturated rings. The van der Waals surface area contributed by atoms with Gasteiger partial charge in [-0.2, -0.15) is 0 Å². The van der Waals surface area contributed by atoms with E-state index in [4.69, 9.17) is 0 Å². The highest BCUT2D eigenvalue weighted by Gasteiger charge is 2.07. The molecule has 0 N–H and O–H groups in total. The van der Waals surface area contributed by atoms with Gasteiger partial charge in [0.2, 0.25) is 0 Å². The number of benzene rings is 1. The van der Waals surface area contributed by atoms with E-state index in [-0.39, 0.29) is 0 Å². The van der Waals surface area contributed by atoms with E-state index in [2.05, 4.69) is 61.0 Å². The zero-order chi connectivity index (χ0) is 11.3. The van der Waals surface area contributed by atoms with Crippen LogP contribution in [0, 0.1) is 5.92 Å². The minimum atomic E-state index is 0.665. The molecular formula is C14H21Br. The highest BCUT2D eigenvalue weighted by atomic mass is 79.9. The van der Waals surface area contributed by atoms with E-state index >= 15 is 0 Å². The van der Waals surface area contributed by atoms with Gasteiger partial charge < -0.3 is 0 Å². The van der Waals surface area contributed by atoms with E-state index in [0.29, 0.717) is 5.92 Å². The third kappa shape index (κ3) is 3.98. The zero-order valence-electron chi connectivity index (χ0n) is 9.96. The van der Waals surface area contributed by atoms with E-state index in [1.807, 2.05) is 0 Å². The van der Waals surface area contributed by atoms with Crippen molar-refractivity contribution < 1.29 is 0 Å². The van der Waals surface area contributed by atoms with Crippen LogP contribution in [-0.4, -0.2) is 5.33 Å². The van der Waals surface area contributed by atoms with Gasteiger partial charge in [0.15, 0.2) is 0 Å². The highest BCUT2D eigenvalue weighted by Crippen LogP contribution is 2.22. The molecule has 0 saturated carbocycles. The Morgan fingerprint density at radius 1 is 1.13 bits per heavy atom. The Bertz CT molecular complexity index is 270. The maximum absolute atomic E-state index is 3.57. The third-order valence-corrected chi connectivity index (χ3v) is 3.56. The molecule has 0 aliphatic rings. The molecule has 1 heteroatoms. The third-order valence-electron chi connectivity index (χ3n) is 2.77. The van der Waals surface area contributed by atoms with Gasteiger partial charge >= 0.3 is 0 Å². The summed E-state index contributed by atoms with van der Waals surface area (Å²) in [5.41, 5.74) is 2.92. The van der Waals surface area contributed by atoms with Gasteiger partial charge in [-0.25, -0.2) is 0 Å². The molecule has 0 radical (unpaired) electrons. The van der Waals surface area contributed by atoms with Crippen molar-refractivity contribution in [2.24, 2.45) is 5.92 Å². The van der Waals surface area contributed by atoms with Gasteiger partial charge in [0.1, 0.15) is 0 Å². The topological polar surface area (TPSA) is 0 Å². The molecule has 0 saturated heterocycles. The average molecular weight is 269 g/mol. The zero-order valence-corrected chi connectivity index (χ0v) is 11.5. The van der Waals surface area contributed by atoms with Gasteiger partial charge in [-0.15, -0.1) is 0 Å². The fraction of sp³-hybridized carbons (Fsp3) is 0.571. The molecule has 0 nitrogen and oxygen atoms in total. The van der Waals surface area contributed by atoms with Crippen molar-refractivity contribution in [1.82, 2.24) is 0 Å². The molecule has 0 spiro atoms. The van der Waals surface area contributed by atoms with Crippen LogP contribution in [0.5, 0.6) is 0 Å². The van der Waals surface area contributed by atoms with Crippen molar-refractivity contribution in [2.45, 2.75) is 39.5 Å². The first kappa shape index (κ1) is 12.8. The molecule has 0 aliphatic carbocycles. The molecule has 1 unspecified atom stereocenters. The average Bonchev–Trinajstić information content (AvgIpc) is 2.21. The Morgan fingerprint density at radius 3 is 2.13 bits per heavy atom. The first-order valence-corrected chi connectivity index (χ1v) is 6.94. The summed E-state index contributed by atoms with van der Waals surface area (Å²) in [5, 5.41) is 1.06. The molecule has 0 aromatic heterocycles. The summed E-state index contributed by atoms with van der Waals surface area (Å²) < 4.78 is 0. The quantitative estimate of drug-likeness (QED) is 0.675. The predicted molar refractivity (Wildman–Crippen MR) is 71.8 cm³/mol. The number of halogens is 1. The molecule has 84 valence electrons. The molecule has 15 heavy (non-hydrogen) atoms. The first-order chi connectivity index (χ1) is 7.17. The molecule has 1 aromatic rings. The van der Waals surface area contributed by atoms with Gasteiger partial charge in [-0.1, -0.05) is 61.0 Å². The summed E-state index contributed by atoms with van der Waals surface area (Å²) in [6, 6.07) is 9.13. The van der Waals surface area contributed by atoms with Gasteiger partial charge in [-0.3, -0.25) is 0 Å². The Hall–Kier alpha value is -0.300. The van der Waals surface area contributed by atoms with Crippen LogP contribution in [0.25, 0.3) is 0 Å². The van der Waals surface area contributed by atoms with Gasteiger partial charge in [0.25, 0.3) is 0 Å². The van der Waals surface area contributed by atoms with Crippen LogP contribution in [0.1, 0.15) is 44.2 Å². The van der Waals surface area contributed by atoms with Crippen LogP contribution >= 0.6 is 15.9 Å². The Kier molecular flexibility index (Phi) is 5.38. The lowest BCUT2D eigenvalue weighted by molar-refractivity contribution is 0.646. The number of alkyl halides is 1. The lowest BCUT2D eigenvalue weighted by Gasteiger charge is -2.13. The SMILES string of the molecule is CCC(CBr)c1ccc(CC(C)C)cc1. The monoisotopic (exact) mass is 268 g/mol. The van der Waals surface area contributed by atoms with Crippen LogP contribution in [0.3, 0.4) is 0 Å². The normalized spacial score (nSPS) is 13.1. The maximum atomic E-state index is 3.57. The summed E-state index contributed by atoms with van der Waals surface area (Å²) in [7, 11) is 0. The van der Waals surface area contributed by atoms with Crippen LogP contribution < -0.4 is 0 Å². The Labute approximate surface area is 102 Å². The second-order valence-corrected chi connectivity index (χ2v) is 5.25. The molecule has 1 aromatic carbocycles.